The molecule has 3 heterocycles. The molecular formula is C29H42N6O2. The van der Waals surface area contributed by atoms with E-state index in [1.807, 2.05) is 31.7 Å². The zero-order chi connectivity index (χ0) is 27.4. The van der Waals surface area contributed by atoms with Crippen LogP contribution in [-0.2, 0) is 17.8 Å². The highest BCUT2D eigenvalue weighted by atomic mass is 16.2. The van der Waals surface area contributed by atoms with Crippen LogP contribution in [-0.4, -0.2) is 51.4 Å². The van der Waals surface area contributed by atoms with Crippen molar-refractivity contribution >= 4 is 23.5 Å². The minimum atomic E-state index is -0.309. The van der Waals surface area contributed by atoms with Crippen LogP contribution in [0.5, 0.6) is 0 Å². The van der Waals surface area contributed by atoms with E-state index in [1.54, 1.807) is 35.4 Å². The molecule has 3 rings (SSSR count). The molecule has 0 bridgehead atoms. The number of fused-ring (bicyclic) bond motifs is 1. The SMILES string of the molecule is C/C=C(/C=C\C=C(/C)C(=N)N1CCCC1=N)NC(=O)c1cc2c(cn1)CCN(C(=O)CCC)C2.CCC. The maximum atomic E-state index is 12.8. The van der Waals surface area contributed by atoms with E-state index in [9.17, 15) is 9.59 Å². The second-order valence-corrected chi connectivity index (χ2v) is 9.32. The molecule has 200 valence electrons. The van der Waals surface area contributed by atoms with Gasteiger partial charge in [-0.3, -0.25) is 25.4 Å². The van der Waals surface area contributed by atoms with E-state index in [1.165, 1.54) is 6.42 Å². The van der Waals surface area contributed by atoms with Crippen LogP contribution in [0.15, 0.2) is 47.8 Å². The van der Waals surface area contributed by atoms with Crippen LogP contribution in [0.1, 0.15) is 88.3 Å². The molecule has 8 heteroatoms. The zero-order valence-electron chi connectivity index (χ0n) is 23.0. The molecule has 0 radical (unpaired) electrons. The summed E-state index contributed by atoms with van der Waals surface area (Å²) in [4.78, 5) is 33.0. The Bertz CT molecular complexity index is 1090. The van der Waals surface area contributed by atoms with E-state index in [-0.39, 0.29) is 11.8 Å². The molecule has 1 aromatic rings. The van der Waals surface area contributed by atoms with Crippen molar-refractivity contribution in [3.63, 3.8) is 0 Å². The predicted octanol–water partition coefficient (Wildman–Crippen LogP) is 5.37. The van der Waals surface area contributed by atoms with Crippen molar-refractivity contribution in [2.75, 3.05) is 13.1 Å². The number of nitrogens with one attached hydrogen (secondary N) is 3. The first-order valence-corrected chi connectivity index (χ1v) is 13.3. The highest BCUT2D eigenvalue weighted by molar-refractivity contribution is 6.07. The predicted molar refractivity (Wildman–Crippen MR) is 150 cm³/mol. The van der Waals surface area contributed by atoms with E-state index < -0.39 is 0 Å². The van der Waals surface area contributed by atoms with E-state index in [2.05, 4.69) is 24.1 Å². The Labute approximate surface area is 221 Å². The van der Waals surface area contributed by atoms with Gasteiger partial charge in [-0.25, -0.2) is 0 Å². The monoisotopic (exact) mass is 506 g/mol. The number of amidine groups is 2. The van der Waals surface area contributed by atoms with Crippen molar-refractivity contribution in [2.24, 2.45) is 0 Å². The van der Waals surface area contributed by atoms with Crippen LogP contribution in [0.2, 0.25) is 0 Å². The number of hydrogen-bond donors (Lipinski definition) is 3. The van der Waals surface area contributed by atoms with Gasteiger partial charge >= 0.3 is 0 Å². The summed E-state index contributed by atoms with van der Waals surface area (Å²) in [6.07, 6.45) is 13.9. The summed E-state index contributed by atoms with van der Waals surface area (Å²) in [6, 6.07) is 1.78. The normalized spacial score (nSPS) is 15.9. The number of aromatic nitrogens is 1. The second kappa shape index (κ2) is 14.9. The third kappa shape index (κ3) is 8.51. The first-order valence-electron chi connectivity index (χ1n) is 13.3. The van der Waals surface area contributed by atoms with Crippen LogP contribution < -0.4 is 5.32 Å². The molecule has 0 aliphatic carbocycles. The summed E-state index contributed by atoms with van der Waals surface area (Å²) in [6.45, 7) is 11.8. The topological polar surface area (TPSA) is 113 Å². The molecule has 0 saturated carbocycles. The van der Waals surface area contributed by atoms with Gasteiger partial charge in [0.25, 0.3) is 5.91 Å². The maximum absolute atomic E-state index is 12.8. The Morgan fingerprint density at radius 2 is 1.89 bits per heavy atom. The standard InChI is InChI=1S/C26H34N6O2.C3H8/c1-4-8-24(33)31-14-12-19-16-29-22(15-20(19)17-31)26(34)30-21(5-2)10-6-9-18(3)25(28)32-13-7-11-23(32)27;1-3-2/h5-6,9-10,15-16,27-28H,4,7-8,11-14,17H2,1-3H3,(H,30,34);3H2,1-2H3/b10-6-,18-9+,21-5-,27-23?,28-25?;. The Morgan fingerprint density at radius 3 is 2.51 bits per heavy atom. The van der Waals surface area contributed by atoms with Crippen LogP contribution in [0.25, 0.3) is 0 Å². The first-order chi connectivity index (χ1) is 17.7. The highest BCUT2D eigenvalue weighted by Crippen LogP contribution is 2.20. The molecular weight excluding hydrogens is 464 g/mol. The Hall–Kier alpha value is -3.55. The molecule has 2 amide bonds. The second-order valence-electron chi connectivity index (χ2n) is 9.32. The molecule has 2 aliphatic rings. The van der Waals surface area contributed by atoms with Crippen LogP contribution in [0, 0.1) is 10.8 Å². The number of amides is 2. The minimum absolute atomic E-state index is 0.148. The molecule has 2 aliphatic heterocycles. The fourth-order valence-corrected chi connectivity index (χ4v) is 4.06. The third-order valence-electron chi connectivity index (χ3n) is 6.10. The van der Waals surface area contributed by atoms with Crippen molar-refractivity contribution in [2.45, 2.75) is 79.7 Å². The number of rotatable bonds is 7. The molecule has 1 fully saturated rings. The van der Waals surface area contributed by atoms with E-state index in [0.29, 0.717) is 55.5 Å². The van der Waals surface area contributed by atoms with Gasteiger partial charge in [-0.15, -0.1) is 0 Å². The lowest BCUT2D eigenvalue weighted by Crippen LogP contribution is -2.36. The molecule has 1 aromatic heterocycles. The lowest BCUT2D eigenvalue weighted by molar-refractivity contribution is -0.132. The number of carbonyl (C=O) groups excluding carboxylic acids is 2. The number of pyridine rings is 1. The molecule has 0 atom stereocenters. The number of hydrogen-bond acceptors (Lipinski definition) is 5. The van der Waals surface area contributed by atoms with E-state index in [4.69, 9.17) is 10.8 Å². The van der Waals surface area contributed by atoms with Crippen LogP contribution in [0.3, 0.4) is 0 Å². The molecule has 1 saturated heterocycles. The Morgan fingerprint density at radius 1 is 1.16 bits per heavy atom. The van der Waals surface area contributed by atoms with E-state index >= 15 is 0 Å². The van der Waals surface area contributed by atoms with Crippen molar-refractivity contribution in [3.8, 4) is 0 Å². The summed E-state index contributed by atoms with van der Waals surface area (Å²) < 4.78 is 0. The highest BCUT2D eigenvalue weighted by Gasteiger charge is 2.22. The summed E-state index contributed by atoms with van der Waals surface area (Å²) >= 11 is 0. The summed E-state index contributed by atoms with van der Waals surface area (Å²) in [5.74, 6) is 0.660. The fraction of sp³-hybridized carbons (Fsp3) is 0.483. The molecule has 0 spiro atoms. The minimum Gasteiger partial charge on any atom is -0.338 e. The quantitative estimate of drug-likeness (QED) is 0.262. The number of nitrogens with zero attached hydrogens (tertiary/aromatic N) is 3. The van der Waals surface area contributed by atoms with Gasteiger partial charge in [0.1, 0.15) is 17.4 Å². The molecule has 8 nitrogen and oxygen atoms in total. The zero-order valence-corrected chi connectivity index (χ0v) is 23.0. The van der Waals surface area contributed by atoms with Gasteiger partial charge in [0.05, 0.1) is 0 Å². The Balaban J connectivity index is 0.00000153. The number of likely N-dealkylation sites (tertiary alicyclic amines) is 1. The van der Waals surface area contributed by atoms with Crippen LogP contribution in [0.4, 0.5) is 0 Å². The van der Waals surface area contributed by atoms with Crippen molar-refractivity contribution in [3.05, 3.63) is 64.7 Å². The first kappa shape index (κ1) is 29.7. The van der Waals surface area contributed by atoms with Gasteiger partial charge in [0.2, 0.25) is 5.91 Å². The van der Waals surface area contributed by atoms with Gasteiger partial charge in [0, 0.05) is 44.4 Å². The van der Waals surface area contributed by atoms with Crippen molar-refractivity contribution in [1.29, 1.82) is 10.8 Å². The summed E-state index contributed by atoms with van der Waals surface area (Å²) in [7, 11) is 0. The smallest absolute Gasteiger partial charge is 0.274 e. The van der Waals surface area contributed by atoms with Gasteiger partial charge in [0.15, 0.2) is 0 Å². The summed E-state index contributed by atoms with van der Waals surface area (Å²) in [5.41, 5.74) is 3.74. The molecule has 3 N–H and O–H groups in total. The van der Waals surface area contributed by atoms with Gasteiger partial charge in [-0.2, -0.15) is 0 Å². The van der Waals surface area contributed by atoms with Crippen molar-refractivity contribution < 1.29 is 9.59 Å². The van der Waals surface area contributed by atoms with Crippen LogP contribution >= 0.6 is 0 Å². The van der Waals surface area contributed by atoms with Gasteiger partial charge in [-0.1, -0.05) is 45.4 Å². The molecule has 0 aromatic carbocycles. The van der Waals surface area contributed by atoms with Gasteiger partial charge in [-0.05, 0) is 62.0 Å². The Kier molecular flexibility index (Phi) is 11.9. The molecule has 37 heavy (non-hydrogen) atoms. The third-order valence-corrected chi connectivity index (χ3v) is 6.10. The average Bonchev–Trinajstić information content (AvgIpc) is 3.32. The lowest BCUT2D eigenvalue weighted by atomic mass is 10.0. The fourth-order valence-electron chi connectivity index (χ4n) is 4.06. The molecule has 0 unspecified atom stereocenters. The number of allylic oxidation sites excluding steroid dienone is 4. The van der Waals surface area contributed by atoms with E-state index in [0.717, 1.165) is 36.0 Å². The van der Waals surface area contributed by atoms with Gasteiger partial charge < -0.3 is 15.1 Å². The average molecular weight is 507 g/mol. The largest absolute Gasteiger partial charge is 0.338 e. The summed E-state index contributed by atoms with van der Waals surface area (Å²) in [5, 5.41) is 19.1. The maximum Gasteiger partial charge on any atom is 0.274 e. The lowest BCUT2D eigenvalue weighted by Gasteiger charge is -2.29. The number of carbonyl (C=O) groups is 2. The van der Waals surface area contributed by atoms with Crippen molar-refractivity contribution in [1.82, 2.24) is 20.1 Å².